The summed E-state index contributed by atoms with van der Waals surface area (Å²) in [5, 5.41) is 3.14. The van der Waals surface area contributed by atoms with Crippen LogP contribution < -0.4 is 10.0 Å². The highest BCUT2D eigenvalue weighted by atomic mass is 32.2. The predicted octanol–water partition coefficient (Wildman–Crippen LogP) is 3.09. The van der Waals surface area contributed by atoms with Gasteiger partial charge in [-0.1, -0.05) is 13.8 Å². The molecule has 1 heterocycles. The van der Waals surface area contributed by atoms with Crippen LogP contribution in [0.4, 0.5) is 15.9 Å². The second-order valence-corrected chi connectivity index (χ2v) is 6.95. The molecule has 0 unspecified atom stereocenters. The molecule has 2 rings (SSSR count). The van der Waals surface area contributed by atoms with Crippen molar-refractivity contribution < 1.29 is 12.8 Å². The van der Waals surface area contributed by atoms with E-state index in [-0.39, 0.29) is 4.90 Å². The lowest BCUT2D eigenvalue weighted by Gasteiger charge is -2.10. The van der Waals surface area contributed by atoms with Gasteiger partial charge in [0.25, 0.3) is 10.0 Å². The van der Waals surface area contributed by atoms with Crippen LogP contribution in [0.25, 0.3) is 0 Å². The SMILES string of the molecule is CC(C)CNc1ccc(NS(=O)(=O)c2ccc(F)cc2)cn1. The van der Waals surface area contributed by atoms with E-state index in [4.69, 9.17) is 0 Å². The lowest BCUT2D eigenvalue weighted by Crippen LogP contribution is -2.13. The highest BCUT2D eigenvalue weighted by Gasteiger charge is 2.14. The van der Waals surface area contributed by atoms with Gasteiger partial charge in [0.15, 0.2) is 0 Å². The van der Waals surface area contributed by atoms with Crippen molar-refractivity contribution in [1.82, 2.24) is 4.98 Å². The number of anilines is 2. The normalized spacial score (nSPS) is 11.5. The van der Waals surface area contributed by atoms with E-state index < -0.39 is 15.8 Å². The summed E-state index contributed by atoms with van der Waals surface area (Å²) >= 11 is 0. The minimum absolute atomic E-state index is 0.00379. The zero-order valence-electron chi connectivity index (χ0n) is 12.4. The molecule has 118 valence electrons. The van der Waals surface area contributed by atoms with Gasteiger partial charge in [0.1, 0.15) is 11.6 Å². The lowest BCUT2D eigenvalue weighted by atomic mass is 10.2. The number of nitrogens with zero attached hydrogens (tertiary/aromatic N) is 1. The maximum atomic E-state index is 12.8. The fraction of sp³-hybridized carbons (Fsp3) is 0.267. The summed E-state index contributed by atoms with van der Waals surface area (Å²) in [5.74, 6) is 0.679. The Balaban J connectivity index is 2.08. The van der Waals surface area contributed by atoms with Crippen LogP contribution in [-0.4, -0.2) is 19.9 Å². The van der Waals surface area contributed by atoms with Crippen molar-refractivity contribution in [1.29, 1.82) is 0 Å². The number of hydrogen-bond donors (Lipinski definition) is 2. The molecule has 0 radical (unpaired) electrons. The fourth-order valence-electron chi connectivity index (χ4n) is 1.70. The van der Waals surface area contributed by atoms with Crippen molar-refractivity contribution in [3.05, 3.63) is 48.4 Å². The maximum Gasteiger partial charge on any atom is 0.261 e. The average Bonchev–Trinajstić information content (AvgIpc) is 2.46. The molecule has 7 heteroatoms. The largest absolute Gasteiger partial charge is 0.370 e. The van der Waals surface area contributed by atoms with Crippen LogP contribution in [0.3, 0.4) is 0 Å². The minimum atomic E-state index is -3.75. The first-order chi connectivity index (χ1) is 10.4. The average molecular weight is 323 g/mol. The van der Waals surface area contributed by atoms with Gasteiger partial charge in [-0.3, -0.25) is 4.72 Å². The van der Waals surface area contributed by atoms with Crippen molar-refractivity contribution >= 4 is 21.5 Å². The molecule has 0 aliphatic rings. The highest BCUT2D eigenvalue weighted by Crippen LogP contribution is 2.17. The van der Waals surface area contributed by atoms with E-state index in [1.54, 1.807) is 12.1 Å². The zero-order valence-corrected chi connectivity index (χ0v) is 13.2. The molecule has 1 aromatic carbocycles. The number of rotatable bonds is 6. The van der Waals surface area contributed by atoms with Gasteiger partial charge in [-0.2, -0.15) is 0 Å². The van der Waals surface area contributed by atoms with Crippen LogP contribution in [0.2, 0.25) is 0 Å². The van der Waals surface area contributed by atoms with E-state index in [9.17, 15) is 12.8 Å². The highest BCUT2D eigenvalue weighted by molar-refractivity contribution is 7.92. The maximum absolute atomic E-state index is 12.8. The number of hydrogen-bond acceptors (Lipinski definition) is 4. The van der Waals surface area contributed by atoms with E-state index in [0.29, 0.717) is 17.4 Å². The van der Waals surface area contributed by atoms with E-state index in [1.807, 2.05) is 0 Å². The van der Waals surface area contributed by atoms with Gasteiger partial charge < -0.3 is 5.32 Å². The van der Waals surface area contributed by atoms with Gasteiger partial charge in [-0.05, 0) is 42.3 Å². The summed E-state index contributed by atoms with van der Waals surface area (Å²) in [6.45, 7) is 4.95. The molecule has 2 N–H and O–H groups in total. The molecule has 0 amide bonds. The summed E-state index contributed by atoms with van der Waals surface area (Å²) in [4.78, 5) is 4.14. The van der Waals surface area contributed by atoms with E-state index in [2.05, 4.69) is 28.9 Å². The Morgan fingerprint density at radius 1 is 1.14 bits per heavy atom. The Bertz CT molecular complexity index is 713. The van der Waals surface area contributed by atoms with Gasteiger partial charge in [-0.15, -0.1) is 0 Å². The minimum Gasteiger partial charge on any atom is -0.370 e. The first kappa shape index (κ1) is 16.2. The topological polar surface area (TPSA) is 71.1 Å². The van der Waals surface area contributed by atoms with E-state index >= 15 is 0 Å². The van der Waals surface area contributed by atoms with Crippen LogP contribution in [0.1, 0.15) is 13.8 Å². The summed E-state index contributed by atoms with van der Waals surface area (Å²) in [7, 11) is -3.75. The zero-order chi connectivity index (χ0) is 16.2. The number of pyridine rings is 1. The van der Waals surface area contributed by atoms with Crippen LogP contribution in [0.5, 0.6) is 0 Å². The quantitative estimate of drug-likeness (QED) is 0.857. The number of benzene rings is 1. The molecule has 22 heavy (non-hydrogen) atoms. The molecular weight excluding hydrogens is 305 g/mol. The van der Waals surface area contributed by atoms with Gasteiger partial charge in [0, 0.05) is 6.54 Å². The number of nitrogens with one attached hydrogen (secondary N) is 2. The monoisotopic (exact) mass is 323 g/mol. The van der Waals surface area contributed by atoms with Crippen molar-refractivity contribution in [2.24, 2.45) is 5.92 Å². The van der Waals surface area contributed by atoms with Crippen LogP contribution in [-0.2, 0) is 10.0 Å². The third-order valence-electron chi connectivity index (χ3n) is 2.83. The standard InChI is InChI=1S/C15H18FN3O2S/c1-11(2)9-17-15-8-5-13(10-18-15)19-22(20,21)14-6-3-12(16)4-7-14/h3-8,10-11,19H,9H2,1-2H3,(H,17,18). The molecule has 0 atom stereocenters. The molecule has 0 bridgehead atoms. The number of sulfonamides is 1. The van der Waals surface area contributed by atoms with Gasteiger partial charge >= 0.3 is 0 Å². The van der Waals surface area contributed by atoms with Crippen molar-refractivity contribution in [2.75, 3.05) is 16.6 Å². The van der Waals surface area contributed by atoms with Crippen LogP contribution >= 0.6 is 0 Å². The Hall–Kier alpha value is -2.15. The number of halogens is 1. The molecule has 0 saturated heterocycles. The Kier molecular flexibility index (Phi) is 4.97. The van der Waals surface area contributed by atoms with Crippen LogP contribution in [0, 0.1) is 11.7 Å². The fourth-order valence-corrected chi connectivity index (χ4v) is 2.74. The molecule has 1 aromatic heterocycles. The molecular formula is C15H18FN3O2S. The molecule has 2 aromatic rings. The third-order valence-corrected chi connectivity index (χ3v) is 4.23. The molecule has 0 saturated carbocycles. The summed E-state index contributed by atoms with van der Waals surface area (Å²) in [6.07, 6.45) is 1.43. The Morgan fingerprint density at radius 3 is 2.36 bits per heavy atom. The van der Waals surface area contributed by atoms with Crippen LogP contribution in [0.15, 0.2) is 47.5 Å². The molecule has 0 aliphatic carbocycles. The number of aromatic nitrogens is 1. The molecule has 0 spiro atoms. The van der Waals surface area contributed by atoms with E-state index in [1.165, 1.54) is 18.3 Å². The molecule has 0 fully saturated rings. The third kappa shape index (κ3) is 4.42. The predicted molar refractivity (Wildman–Crippen MR) is 84.8 cm³/mol. The lowest BCUT2D eigenvalue weighted by molar-refractivity contribution is 0.599. The smallest absolute Gasteiger partial charge is 0.261 e. The second kappa shape index (κ2) is 6.74. The van der Waals surface area contributed by atoms with Crippen molar-refractivity contribution in [2.45, 2.75) is 18.7 Å². The van der Waals surface area contributed by atoms with Gasteiger partial charge in [0.05, 0.1) is 16.8 Å². The summed E-state index contributed by atoms with van der Waals surface area (Å²) in [5.41, 5.74) is 0.347. The molecule has 5 nitrogen and oxygen atoms in total. The second-order valence-electron chi connectivity index (χ2n) is 5.27. The van der Waals surface area contributed by atoms with Crippen molar-refractivity contribution in [3.63, 3.8) is 0 Å². The first-order valence-corrected chi connectivity index (χ1v) is 8.33. The van der Waals surface area contributed by atoms with Gasteiger partial charge in [0.2, 0.25) is 0 Å². The van der Waals surface area contributed by atoms with Gasteiger partial charge in [-0.25, -0.2) is 17.8 Å². The Labute approximate surface area is 129 Å². The first-order valence-electron chi connectivity index (χ1n) is 6.85. The van der Waals surface area contributed by atoms with Crippen molar-refractivity contribution in [3.8, 4) is 0 Å². The van der Waals surface area contributed by atoms with E-state index in [0.717, 1.165) is 18.7 Å². The Morgan fingerprint density at radius 2 is 1.82 bits per heavy atom. The summed E-state index contributed by atoms with van der Waals surface area (Å²) < 4.78 is 39.5. The molecule has 0 aliphatic heterocycles. The summed E-state index contributed by atoms with van der Waals surface area (Å²) in [6, 6.07) is 7.95.